The number of carbonyl (C=O) groups excluding carboxylic acids is 1. The second kappa shape index (κ2) is 6.19. The van der Waals surface area contributed by atoms with Gasteiger partial charge in [0, 0.05) is 17.0 Å². The molecule has 0 bridgehead atoms. The van der Waals surface area contributed by atoms with E-state index in [1.54, 1.807) is 6.08 Å². The second-order valence-corrected chi connectivity index (χ2v) is 4.69. The van der Waals surface area contributed by atoms with Gasteiger partial charge in [0.2, 0.25) is 0 Å². The first kappa shape index (κ1) is 13.3. The number of H-pyrrole nitrogens is 1. The Morgan fingerprint density at radius 2 is 2.00 bits per heavy atom. The highest BCUT2D eigenvalue weighted by Crippen LogP contribution is 2.13. The molecule has 1 N–H and O–H groups in total. The van der Waals surface area contributed by atoms with Crippen molar-refractivity contribution in [3.63, 3.8) is 0 Å². The highest BCUT2D eigenvalue weighted by molar-refractivity contribution is 6.06. The molecule has 0 radical (unpaired) electrons. The number of hydrogen-bond donors (Lipinski definition) is 1. The van der Waals surface area contributed by atoms with Crippen LogP contribution >= 0.6 is 0 Å². The van der Waals surface area contributed by atoms with E-state index in [0.717, 1.165) is 24.1 Å². The molecule has 1 aromatic carbocycles. The maximum absolute atomic E-state index is 11.9. The Morgan fingerprint density at radius 3 is 2.68 bits per heavy atom. The largest absolute Gasteiger partial charge is 0.359 e. The van der Waals surface area contributed by atoms with Gasteiger partial charge in [0.05, 0.1) is 0 Å². The second-order valence-electron chi connectivity index (χ2n) is 4.69. The van der Waals surface area contributed by atoms with Gasteiger partial charge in [-0.25, -0.2) is 0 Å². The Bertz CT molecular complexity index is 579. The van der Waals surface area contributed by atoms with Gasteiger partial charge in [-0.15, -0.1) is 0 Å². The number of nitrogens with one attached hydrogen (secondary N) is 1. The lowest BCUT2D eigenvalue weighted by atomic mass is 10.1. The minimum atomic E-state index is 0.0323. The van der Waals surface area contributed by atoms with Gasteiger partial charge in [0.1, 0.15) is 0 Å². The van der Waals surface area contributed by atoms with E-state index in [-0.39, 0.29) is 5.78 Å². The molecule has 0 aliphatic heterocycles. The molecule has 2 heteroatoms. The molecule has 2 aromatic rings. The third kappa shape index (κ3) is 3.44. The fourth-order valence-corrected chi connectivity index (χ4v) is 2.11. The first-order chi connectivity index (χ1) is 9.20. The average Bonchev–Trinajstić information content (AvgIpc) is 2.78. The summed E-state index contributed by atoms with van der Waals surface area (Å²) >= 11 is 0. The Morgan fingerprint density at radius 1 is 1.26 bits per heavy atom. The predicted molar refractivity (Wildman–Crippen MR) is 79.3 cm³/mol. The van der Waals surface area contributed by atoms with Crippen molar-refractivity contribution in [1.29, 1.82) is 0 Å². The molecule has 1 heterocycles. The van der Waals surface area contributed by atoms with E-state index in [0.29, 0.717) is 0 Å². The number of hydrogen-bond acceptors (Lipinski definition) is 1. The lowest BCUT2D eigenvalue weighted by Crippen LogP contribution is -1.92. The zero-order valence-corrected chi connectivity index (χ0v) is 11.4. The van der Waals surface area contributed by atoms with Crippen LogP contribution in [-0.2, 0) is 6.42 Å². The van der Waals surface area contributed by atoms with Crippen molar-refractivity contribution in [3.05, 3.63) is 65.0 Å². The highest BCUT2D eigenvalue weighted by Gasteiger charge is 2.03. The molecule has 0 saturated heterocycles. The molecule has 0 unspecified atom stereocenters. The number of carbonyl (C=O) groups is 1. The molecule has 0 spiro atoms. The maximum Gasteiger partial charge on any atom is 0.185 e. The zero-order valence-electron chi connectivity index (χ0n) is 11.4. The molecule has 2 nitrogen and oxygen atoms in total. The average molecular weight is 253 g/mol. The maximum atomic E-state index is 11.9. The lowest BCUT2D eigenvalue weighted by Gasteiger charge is -1.93. The van der Waals surface area contributed by atoms with E-state index in [1.165, 1.54) is 11.3 Å². The van der Waals surface area contributed by atoms with Crippen molar-refractivity contribution in [2.75, 3.05) is 0 Å². The summed E-state index contributed by atoms with van der Waals surface area (Å²) in [5, 5.41) is 0. The molecule has 0 amide bonds. The van der Waals surface area contributed by atoms with Crippen LogP contribution < -0.4 is 0 Å². The van der Waals surface area contributed by atoms with E-state index < -0.39 is 0 Å². The Labute approximate surface area is 114 Å². The van der Waals surface area contributed by atoms with Gasteiger partial charge in [-0.3, -0.25) is 4.79 Å². The van der Waals surface area contributed by atoms with Crippen molar-refractivity contribution in [2.45, 2.75) is 26.7 Å². The van der Waals surface area contributed by atoms with Gasteiger partial charge >= 0.3 is 0 Å². The van der Waals surface area contributed by atoms with Crippen LogP contribution in [-0.4, -0.2) is 10.8 Å². The number of aryl methyl sites for hydroxylation is 2. The lowest BCUT2D eigenvalue weighted by molar-refractivity contribution is 0.104. The Balaban J connectivity index is 2.10. The van der Waals surface area contributed by atoms with Gasteiger partial charge < -0.3 is 4.98 Å². The fraction of sp³-hybridized carbons (Fsp3) is 0.235. The number of aromatic nitrogens is 1. The number of aromatic amines is 1. The number of allylic oxidation sites excluding steroid dienone is 1. The van der Waals surface area contributed by atoms with Crippen molar-refractivity contribution >= 4 is 11.9 Å². The van der Waals surface area contributed by atoms with Gasteiger partial charge in [0.25, 0.3) is 0 Å². The van der Waals surface area contributed by atoms with Crippen LogP contribution in [0.5, 0.6) is 0 Å². The summed E-state index contributed by atoms with van der Waals surface area (Å²) in [6, 6.07) is 11.4. The zero-order chi connectivity index (χ0) is 13.7. The summed E-state index contributed by atoms with van der Waals surface area (Å²) < 4.78 is 0. The molecular weight excluding hydrogens is 234 g/mol. The van der Waals surface area contributed by atoms with Crippen molar-refractivity contribution in [3.8, 4) is 0 Å². The predicted octanol–water partition coefficient (Wildman–Crippen LogP) is 4.17. The molecule has 0 saturated carbocycles. The molecule has 2 rings (SSSR count). The van der Waals surface area contributed by atoms with Crippen LogP contribution in [0.1, 0.15) is 40.7 Å². The van der Waals surface area contributed by atoms with Crippen LogP contribution in [0, 0.1) is 6.92 Å². The van der Waals surface area contributed by atoms with Gasteiger partial charge in [-0.1, -0.05) is 43.7 Å². The van der Waals surface area contributed by atoms with E-state index in [9.17, 15) is 4.79 Å². The van der Waals surface area contributed by atoms with Crippen LogP contribution in [0.3, 0.4) is 0 Å². The van der Waals surface area contributed by atoms with E-state index in [4.69, 9.17) is 0 Å². The number of rotatable bonds is 5. The Kier molecular flexibility index (Phi) is 4.35. The van der Waals surface area contributed by atoms with Crippen molar-refractivity contribution in [1.82, 2.24) is 4.98 Å². The molecule has 98 valence electrons. The van der Waals surface area contributed by atoms with E-state index >= 15 is 0 Å². The minimum absolute atomic E-state index is 0.0323. The molecule has 0 aliphatic carbocycles. The normalized spacial score (nSPS) is 11.1. The van der Waals surface area contributed by atoms with Crippen molar-refractivity contribution < 1.29 is 4.79 Å². The summed E-state index contributed by atoms with van der Waals surface area (Å²) in [4.78, 5) is 15.2. The summed E-state index contributed by atoms with van der Waals surface area (Å²) in [5.74, 6) is 0.0323. The summed E-state index contributed by atoms with van der Waals surface area (Å²) in [7, 11) is 0. The Hall–Kier alpha value is -2.09. The van der Waals surface area contributed by atoms with Crippen LogP contribution in [0.4, 0.5) is 0 Å². The highest BCUT2D eigenvalue weighted by atomic mass is 16.1. The quantitative estimate of drug-likeness (QED) is 0.629. The summed E-state index contributed by atoms with van der Waals surface area (Å²) in [6.45, 7) is 4.24. The topological polar surface area (TPSA) is 32.9 Å². The number of ketones is 1. The molecule has 0 fully saturated rings. The molecule has 1 aromatic heterocycles. The van der Waals surface area contributed by atoms with Crippen molar-refractivity contribution in [2.24, 2.45) is 0 Å². The first-order valence-corrected chi connectivity index (χ1v) is 6.66. The van der Waals surface area contributed by atoms with Crippen LogP contribution in [0.2, 0.25) is 0 Å². The minimum Gasteiger partial charge on any atom is -0.359 e. The SMILES string of the molecule is CCCc1cc(/C=C\C(=O)c2ccccc2)[nH]c1C. The van der Waals surface area contributed by atoms with Crippen LogP contribution in [0.15, 0.2) is 42.5 Å². The third-order valence-corrected chi connectivity index (χ3v) is 3.14. The van der Waals surface area contributed by atoms with E-state index in [1.807, 2.05) is 36.4 Å². The third-order valence-electron chi connectivity index (χ3n) is 3.14. The van der Waals surface area contributed by atoms with E-state index in [2.05, 4.69) is 24.9 Å². The molecule has 0 atom stereocenters. The monoisotopic (exact) mass is 253 g/mol. The molecule has 0 aliphatic rings. The number of benzene rings is 1. The van der Waals surface area contributed by atoms with Gasteiger partial charge in [-0.05, 0) is 37.1 Å². The summed E-state index contributed by atoms with van der Waals surface area (Å²) in [5.41, 5.74) is 4.23. The van der Waals surface area contributed by atoms with Gasteiger partial charge in [-0.2, -0.15) is 0 Å². The first-order valence-electron chi connectivity index (χ1n) is 6.66. The molecular formula is C17H19NO. The standard InChI is InChI=1S/C17H19NO/c1-3-7-15-12-16(18-13(15)2)10-11-17(19)14-8-5-4-6-9-14/h4-6,8-12,18H,3,7H2,1-2H3/b11-10-. The smallest absolute Gasteiger partial charge is 0.185 e. The fourth-order valence-electron chi connectivity index (χ4n) is 2.11. The summed E-state index contributed by atoms with van der Waals surface area (Å²) in [6.07, 6.45) is 5.67. The van der Waals surface area contributed by atoms with Crippen LogP contribution in [0.25, 0.3) is 6.08 Å². The molecule has 19 heavy (non-hydrogen) atoms. The van der Waals surface area contributed by atoms with Gasteiger partial charge in [0.15, 0.2) is 5.78 Å².